The van der Waals surface area contributed by atoms with Gasteiger partial charge >= 0.3 is 6.03 Å². The zero-order chi connectivity index (χ0) is 15.8. The number of nitrogens with one attached hydrogen (secondary N) is 2. The van der Waals surface area contributed by atoms with Crippen molar-refractivity contribution in [1.29, 1.82) is 0 Å². The lowest BCUT2D eigenvalue weighted by Gasteiger charge is -2.15. The fourth-order valence-corrected chi connectivity index (χ4v) is 2.10. The number of benzene rings is 1. The maximum atomic E-state index is 11.8. The third-order valence-electron chi connectivity index (χ3n) is 3.10. The van der Waals surface area contributed by atoms with Gasteiger partial charge in [0.15, 0.2) is 0 Å². The monoisotopic (exact) mass is 294 g/mol. The Morgan fingerprint density at radius 2 is 2.10 bits per heavy atom. The van der Waals surface area contributed by atoms with Crippen LogP contribution in [0.25, 0.3) is 0 Å². The highest BCUT2D eigenvalue weighted by atomic mass is 16.5. The average molecular weight is 294 g/mol. The van der Waals surface area contributed by atoms with Gasteiger partial charge in [-0.05, 0) is 44.7 Å². The first kappa shape index (κ1) is 17.3. The Morgan fingerprint density at radius 3 is 2.71 bits per heavy atom. The second-order valence-corrected chi connectivity index (χ2v) is 5.44. The van der Waals surface area contributed by atoms with Gasteiger partial charge in [0.1, 0.15) is 5.75 Å². The van der Waals surface area contributed by atoms with Crippen LogP contribution in [0.1, 0.15) is 32.8 Å². The molecule has 0 unspecified atom stereocenters. The molecule has 5 heteroatoms. The van der Waals surface area contributed by atoms with Crippen LogP contribution >= 0.6 is 0 Å². The van der Waals surface area contributed by atoms with Crippen molar-refractivity contribution in [2.45, 2.75) is 40.2 Å². The number of aryl methyl sites for hydroxylation is 1. The summed E-state index contributed by atoms with van der Waals surface area (Å²) in [7, 11) is 0. The van der Waals surface area contributed by atoms with Gasteiger partial charge in [-0.15, -0.1) is 0 Å². The summed E-state index contributed by atoms with van der Waals surface area (Å²) in [6.07, 6.45) is 0.315. The molecule has 0 aliphatic heterocycles. The van der Waals surface area contributed by atoms with Crippen LogP contribution in [0.4, 0.5) is 10.5 Å². The highest BCUT2D eigenvalue weighted by Crippen LogP contribution is 2.22. The standard InChI is InChI=1S/C16H26N2O3/c1-5-21-15-9-14(7-6-12(15)3)18-16(20)17-10-11(2)8-13(4)19/h6-7,9,11,13,19H,5,8,10H2,1-4H3,(H2,17,18,20)/t11-,13-/m1/s1. The average Bonchev–Trinajstić information content (AvgIpc) is 2.40. The van der Waals surface area contributed by atoms with E-state index in [-0.39, 0.29) is 18.1 Å². The van der Waals surface area contributed by atoms with Crippen LogP contribution in [0.5, 0.6) is 5.75 Å². The molecule has 1 aromatic rings. The predicted octanol–water partition coefficient (Wildman–Crippen LogP) is 2.92. The van der Waals surface area contributed by atoms with E-state index in [1.165, 1.54) is 0 Å². The third kappa shape index (κ3) is 6.49. The molecule has 3 N–H and O–H groups in total. The molecule has 0 spiro atoms. The Balaban J connectivity index is 2.49. The van der Waals surface area contributed by atoms with Crippen molar-refractivity contribution in [2.75, 3.05) is 18.5 Å². The van der Waals surface area contributed by atoms with Crippen LogP contribution in [0.15, 0.2) is 18.2 Å². The summed E-state index contributed by atoms with van der Waals surface area (Å²) in [6.45, 7) is 8.75. The quantitative estimate of drug-likeness (QED) is 0.724. The van der Waals surface area contributed by atoms with Gasteiger partial charge in [-0.1, -0.05) is 13.0 Å². The Kier molecular flexibility index (Phi) is 7.02. The number of anilines is 1. The number of carbonyl (C=O) groups excluding carboxylic acids is 1. The molecule has 5 nitrogen and oxygen atoms in total. The summed E-state index contributed by atoms with van der Waals surface area (Å²) in [5.41, 5.74) is 1.73. The maximum absolute atomic E-state index is 11.8. The van der Waals surface area contributed by atoms with Crippen molar-refractivity contribution in [2.24, 2.45) is 5.92 Å². The van der Waals surface area contributed by atoms with Gasteiger partial charge in [0.2, 0.25) is 0 Å². The van der Waals surface area contributed by atoms with E-state index >= 15 is 0 Å². The molecule has 21 heavy (non-hydrogen) atoms. The Hall–Kier alpha value is -1.75. The van der Waals surface area contributed by atoms with Crippen molar-refractivity contribution in [3.63, 3.8) is 0 Å². The molecule has 0 fully saturated rings. The molecule has 0 saturated carbocycles. The van der Waals surface area contributed by atoms with Crippen LogP contribution < -0.4 is 15.4 Å². The molecule has 0 bridgehead atoms. The number of rotatable bonds is 7. The summed E-state index contributed by atoms with van der Waals surface area (Å²) >= 11 is 0. The van der Waals surface area contributed by atoms with Crippen molar-refractivity contribution < 1.29 is 14.6 Å². The van der Waals surface area contributed by atoms with Gasteiger partial charge in [-0.2, -0.15) is 0 Å². The highest BCUT2D eigenvalue weighted by Gasteiger charge is 2.09. The van der Waals surface area contributed by atoms with Gasteiger partial charge in [-0.25, -0.2) is 4.79 Å². The summed E-state index contributed by atoms with van der Waals surface area (Å²) < 4.78 is 5.50. The lowest BCUT2D eigenvalue weighted by Crippen LogP contribution is -2.33. The van der Waals surface area contributed by atoms with Crippen LogP contribution in [0, 0.1) is 12.8 Å². The normalized spacial score (nSPS) is 13.4. The van der Waals surface area contributed by atoms with E-state index in [0.717, 1.165) is 11.3 Å². The minimum absolute atomic E-state index is 0.229. The fourth-order valence-electron chi connectivity index (χ4n) is 2.10. The van der Waals surface area contributed by atoms with Crippen molar-refractivity contribution in [3.05, 3.63) is 23.8 Å². The number of ether oxygens (including phenoxy) is 1. The summed E-state index contributed by atoms with van der Waals surface area (Å²) in [6, 6.07) is 5.32. The molecule has 0 aliphatic carbocycles. The number of urea groups is 1. The number of aliphatic hydroxyl groups excluding tert-OH is 1. The number of hydrogen-bond donors (Lipinski definition) is 3. The Labute approximate surface area is 126 Å². The minimum atomic E-state index is -0.351. The summed E-state index contributed by atoms with van der Waals surface area (Å²) in [5, 5.41) is 14.9. The highest BCUT2D eigenvalue weighted by molar-refractivity contribution is 5.89. The zero-order valence-corrected chi connectivity index (χ0v) is 13.3. The van der Waals surface area contributed by atoms with E-state index in [0.29, 0.717) is 25.3 Å². The van der Waals surface area contributed by atoms with Gasteiger partial charge in [0, 0.05) is 18.3 Å². The van der Waals surface area contributed by atoms with E-state index in [9.17, 15) is 9.90 Å². The topological polar surface area (TPSA) is 70.6 Å². The molecule has 0 saturated heterocycles. The molecular weight excluding hydrogens is 268 g/mol. The fraction of sp³-hybridized carbons (Fsp3) is 0.562. The molecule has 1 rings (SSSR count). The number of carbonyl (C=O) groups is 1. The zero-order valence-electron chi connectivity index (χ0n) is 13.3. The van der Waals surface area contributed by atoms with Crippen molar-refractivity contribution in [1.82, 2.24) is 5.32 Å². The minimum Gasteiger partial charge on any atom is -0.494 e. The molecule has 0 heterocycles. The summed E-state index contributed by atoms with van der Waals surface area (Å²) in [5.74, 6) is 1.01. The molecule has 1 aromatic carbocycles. The van der Waals surface area contributed by atoms with Crippen LogP contribution in [0.2, 0.25) is 0 Å². The van der Waals surface area contributed by atoms with Crippen LogP contribution in [0.3, 0.4) is 0 Å². The van der Waals surface area contributed by atoms with E-state index in [1.54, 1.807) is 6.92 Å². The van der Waals surface area contributed by atoms with Crippen molar-refractivity contribution >= 4 is 11.7 Å². The lowest BCUT2D eigenvalue weighted by atomic mass is 10.1. The van der Waals surface area contributed by atoms with Crippen LogP contribution in [-0.4, -0.2) is 30.4 Å². The first-order valence-corrected chi connectivity index (χ1v) is 7.38. The number of aliphatic hydroxyl groups is 1. The molecule has 0 radical (unpaired) electrons. The van der Waals surface area contributed by atoms with Gasteiger partial charge in [0.05, 0.1) is 12.7 Å². The molecule has 0 aromatic heterocycles. The van der Waals surface area contributed by atoms with E-state index in [1.807, 2.05) is 39.0 Å². The maximum Gasteiger partial charge on any atom is 0.319 e. The second kappa shape index (κ2) is 8.52. The van der Waals surface area contributed by atoms with E-state index < -0.39 is 0 Å². The van der Waals surface area contributed by atoms with Crippen molar-refractivity contribution in [3.8, 4) is 5.75 Å². The molecule has 0 aliphatic rings. The molecule has 118 valence electrons. The molecular formula is C16H26N2O3. The summed E-state index contributed by atoms with van der Waals surface area (Å²) in [4.78, 5) is 11.8. The first-order chi connectivity index (χ1) is 9.92. The largest absolute Gasteiger partial charge is 0.494 e. The van der Waals surface area contributed by atoms with E-state index in [2.05, 4.69) is 10.6 Å². The molecule has 2 amide bonds. The number of amides is 2. The lowest BCUT2D eigenvalue weighted by molar-refractivity contribution is 0.163. The predicted molar refractivity (Wildman–Crippen MR) is 84.8 cm³/mol. The van der Waals surface area contributed by atoms with Gasteiger partial charge in [0.25, 0.3) is 0 Å². The third-order valence-corrected chi connectivity index (χ3v) is 3.10. The Morgan fingerprint density at radius 1 is 1.38 bits per heavy atom. The van der Waals surface area contributed by atoms with Crippen LogP contribution in [-0.2, 0) is 0 Å². The van der Waals surface area contributed by atoms with Gasteiger partial charge < -0.3 is 20.5 Å². The molecule has 2 atom stereocenters. The van der Waals surface area contributed by atoms with E-state index in [4.69, 9.17) is 4.74 Å². The smallest absolute Gasteiger partial charge is 0.319 e. The number of hydrogen-bond acceptors (Lipinski definition) is 3. The second-order valence-electron chi connectivity index (χ2n) is 5.44. The first-order valence-electron chi connectivity index (χ1n) is 7.38. The van der Waals surface area contributed by atoms with Gasteiger partial charge in [-0.3, -0.25) is 0 Å². The SMILES string of the molecule is CCOc1cc(NC(=O)NC[C@H](C)C[C@@H](C)O)ccc1C. The Bertz CT molecular complexity index is 461.